The van der Waals surface area contributed by atoms with Crippen LogP contribution in [-0.2, 0) is 28.9 Å². The highest BCUT2D eigenvalue weighted by Gasteiger charge is 2.30. The van der Waals surface area contributed by atoms with E-state index in [0.717, 1.165) is 66.3 Å². The van der Waals surface area contributed by atoms with E-state index < -0.39 is 0 Å². The zero-order chi connectivity index (χ0) is 62.2. The molecule has 454 valence electrons. The van der Waals surface area contributed by atoms with E-state index in [0.29, 0.717) is 98.2 Å². The van der Waals surface area contributed by atoms with Crippen molar-refractivity contribution in [2.75, 3.05) is 6.54 Å². The van der Waals surface area contributed by atoms with Crippen LogP contribution in [0.15, 0.2) is 123 Å². The van der Waals surface area contributed by atoms with E-state index in [-0.39, 0.29) is 49.5 Å². The molecule has 3 aromatic heterocycles. The molecule has 0 spiro atoms. The molecule has 0 radical (unpaired) electrons. The van der Waals surface area contributed by atoms with Crippen molar-refractivity contribution in [3.63, 3.8) is 0 Å². The minimum absolute atomic E-state index is 0. The lowest BCUT2D eigenvalue weighted by molar-refractivity contribution is -0.119. The number of aromatic nitrogens is 6. The molecule has 0 unspecified atom stereocenters. The van der Waals surface area contributed by atoms with Crippen LogP contribution in [0.2, 0.25) is 0 Å². The zero-order valence-corrected chi connectivity index (χ0v) is 50.6. The third-order valence-electron chi connectivity index (χ3n) is 15.2. The maximum atomic E-state index is 11.5. The summed E-state index contributed by atoms with van der Waals surface area (Å²) in [5, 5.41) is 47.2. The van der Waals surface area contributed by atoms with Gasteiger partial charge in [-0.3, -0.25) is 9.59 Å². The minimum atomic E-state index is -0.0432. The number of benzene rings is 6. The topological polar surface area (TPSA) is 274 Å². The van der Waals surface area contributed by atoms with Crippen LogP contribution < -0.4 is 24.8 Å². The van der Waals surface area contributed by atoms with Gasteiger partial charge in [-0.1, -0.05) is 84.4 Å². The van der Waals surface area contributed by atoms with E-state index in [9.17, 15) is 25.4 Å². The first kappa shape index (κ1) is 63.2. The molecule has 0 saturated carbocycles. The van der Waals surface area contributed by atoms with Crippen LogP contribution in [-0.4, -0.2) is 67.0 Å². The Labute approximate surface area is 518 Å². The number of hydrogen-bond donors (Lipinski definition) is 2. The molecule has 0 saturated heterocycles. The first-order chi connectivity index (χ1) is 42.5. The van der Waals surface area contributed by atoms with Crippen LogP contribution in [0.3, 0.4) is 0 Å². The van der Waals surface area contributed by atoms with Gasteiger partial charge in [0.15, 0.2) is 0 Å². The summed E-state index contributed by atoms with van der Waals surface area (Å²) in [5.74, 6) is 4.96. The minimum Gasteiger partial charge on any atom is -0.490 e. The number of carbonyl (C=O) groups is 2. The van der Waals surface area contributed by atoms with E-state index in [1.807, 2.05) is 90.1 Å². The van der Waals surface area contributed by atoms with Crippen molar-refractivity contribution in [1.29, 1.82) is 15.8 Å². The standard InChI is InChI=1S/C24H24N4O3.C23H22N4O3.C22H21N3O2.CH4/c1-14(2)30-22-10-7-16(11-17(22)12-25)24-27-23(28-31-24)20-6-4-5-19-18(20)8-9-21(19)26-13-15(3)29;1-13(2)29-21-10-7-15(11-16(21)12-24)23-26-22(27-30-23)19-6-4-5-18-17(19)8-9-20(18)25-14(3)28;1-13(2)26-20-10-8-15(11-16(20)12-23)22-24-21(25-27-22)19-6-4-5-17-14(3)7-9-18(17)19;/h4-7,10-11,14,21,26H,8-9,13H2,1-3H3;4-7,10-11,13,20H,8-9H2,1-3H3,(H,25,28);4-6,8,10-11,13-14H,7,9H2,1-3H3;1H4/t21-;20-;14-;/m000./s1. The molecule has 1 amide bonds. The van der Waals surface area contributed by atoms with Crippen molar-refractivity contribution in [2.45, 2.75) is 145 Å². The van der Waals surface area contributed by atoms with Crippen LogP contribution in [0.1, 0.15) is 157 Å². The first-order valence-corrected chi connectivity index (χ1v) is 29.5. The molecule has 6 aromatic carbocycles. The fraction of sp³-hybridized carbons (Fsp3) is 0.329. The molecule has 89 heavy (non-hydrogen) atoms. The van der Waals surface area contributed by atoms with Crippen molar-refractivity contribution < 1.29 is 37.4 Å². The van der Waals surface area contributed by atoms with E-state index in [1.165, 1.54) is 29.2 Å². The average Bonchev–Trinajstić information content (AvgIpc) is 3.81. The maximum absolute atomic E-state index is 11.5. The lowest BCUT2D eigenvalue weighted by atomic mass is 9.99. The highest BCUT2D eigenvalue weighted by atomic mass is 16.5. The molecule has 3 heterocycles. The molecule has 9 aromatic rings. The molecular weight excluding hydrogens is 1120 g/mol. The van der Waals surface area contributed by atoms with Crippen LogP contribution in [0.25, 0.3) is 68.5 Å². The highest BCUT2D eigenvalue weighted by molar-refractivity contribution is 5.78. The summed E-state index contributed by atoms with van der Waals surface area (Å²) in [4.78, 5) is 36.6. The number of nitriles is 3. The molecule has 12 rings (SSSR count). The molecule has 19 nitrogen and oxygen atoms in total. The third-order valence-corrected chi connectivity index (χ3v) is 15.2. The largest absolute Gasteiger partial charge is 0.490 e. The van der Waals surface area contributed by atoms with Gasteiger partial charge in [-0.15, -0.1) is 0 Å². The molecule has 19 heteroatoms. The van der Waals surface area contributed by atoms with Crippen molar-refractivity contribution in [2.24, 2.45) is 0 Å². The van der Waals surface area contributed by atoms with Gasteiger partial charge in [0.25, 0.3) is 17.7 Å². The molecular formula is C70H71N11O8. The van der Waals surface area contributed by atoms with Crippen LogP contribution in [0.5, 0.6) is 17.2 Å². The SMILES string of the molecule is C.CC(=O)CN[C@H]1CCc2c(-c3noc(-c4ccc(OC(C)C)c(C#N)c4)n3)cccc21.CC(=O)N[C@H]1CCc2c(-c3noc(-c4ccc(OC(C)C)c(C#N)c4)n3)cccc21.CC(C)Oc1ccc(-c2nc(-c3cccc4c3CC[C@@H]4C)no2)cc1C#N. The van der Waals surface area contributed by atoms with Gasteiger partial charge < -0.3 is 38.4 Å². The van der Waals surface area contributed by atoms with Crippen molar-refractivity contribution in [3.8, 4) is 104 Å². The summed E-state index contributed by atoms with van der Waals surface area (Å²) in [6.45, 7) is 17.2. The maximum Gasteiger partial charge on any atom is 0.258 e. The normalized spacial score (nSPS) is 15.0. The van der Waals surface area contributed by atoms with Gasteiger partial charge in [0.1, 0.15) is 41.2 Å². The fourth-order valence-corrected chi connectivity index (χ4v) is 11.3. The Morgan fingerprint density at radius 3 is 1.26 bits per heavy atom. The Morgan fingerprint density at radius 1 is 0.528 bits per heavy atom. The smallest absolute Gasteiger partial charge is 0.258 e. The second kappa shape index (κ2) is 28.0. The fourth-order valence-electron chi connectivity index (χ4n) is 11.3. The summed E-state index contributed by atoms with van der Waals surface area (Å²) in [6.07, 6.45) is 5.62. The summed E-state index contributed by atoms with van der Waals surface area (Å²) in [7, 11) is 0. The number of hydrogen-bond acceptors (Lipinski definition) is 18. The zero-order valence-electron chi connectivity index (χ0n) is 50.6. The Hall–Kier alpha value is -10.3. The third kappa shape index (κ3) is 14.4. The predicted octanol–water partition coefficient (Wildman–Crippen LogP) is 14.2. The van der Waals surface area contributed by atoms with Gasteiger partial charge in [-0.05, 0) is 181 Å². The Bertz CT molecular complexity index is 4180. The first-order valence-electron chi connectivity index (χ1n) is 29.5. The van der Waals surface area contributed by atoms with Crippen molar-refractivity contribution >= 4 is 11.7 Å². The van der Waals surface area contributed by atoms with Gasteiger partial charge in [-0.2, -0.15) is 30.7 Å². The predicted molar refractivity (Wildman–Crippen MR) is 335 cm³/mol. The van der Waals surface area contributed by atoms with Gasteiger partial charge in [-0.25, -0.2) is 0 Å². The van der Waals surface area contributed by atoms with Crippen molar-refractivity contribution in [1.82, 2.24) is 41.1 Å². The monoisotopic (exact) mass is 1190 g/mol. The number of rotatable bonds is 16. The van der Waals surface area contributed by atoms with Crippen molar-refractivity contribution in [3.05, 3.63) is 159 Å². The lowest BCUT2D eigenvalue weighted by Crippen LogP contribution is -2.24. The van der Waals surface area contributed by atoms with E-state index >= 15 is 0 Å². The second-order valence-electron chi connectivity index (χ2n) is 22.8. The Morgan fingerprint density at radius 2 is 0.888 bits per heavy atom. The number of amides is 1. The number of ketones is 1. The summed E-state index contributed by atoms with van der Waals surface area (Å²) >= 11 is 0. The quantitative estimate of drug-likeness (QED) is 0.0909. The van der Waals surface area contributed by atoms with Gasteiger partial charge >= 0.3 is 0 Å². The summed E-state index contributed by atoms with van der Waals surface area (Å²) < 4.78 is 33.5. The van der Waals surface area contributed by atoms with Crippen LogP contribution in [0, 0.1) is 34.0 Å². The van der Waals surface area contributed by atoms with Crippen LogP contribution >= 0.6 is 0 Å². The number of nitrogens with one attached hydrogen (secondary N) is 2. The van der Waals surface area contributed by atoms with Gasteiger partial charge in [0.2, 0.25) is 23.4 Å². The molecule has 3 aliphatic rings. The number of Topliss-reactive ketones (excluding diaryl/α,β-unsaturated/α-hetero) is 1. The van der Waals surface area contributed by atoms with Gasteiger partial charge in [0, 0.05) is 46.3 Å². The number of fused-ring (bicyclic) bond motifs is 3. The van der Waals surface area contributed by atoms with E-state index in [2.05, 4.69) is 84.4 Å². The Balaban J connectivity index is 0.000000158. The molecule has 0 bridgehead atoms. The van der Waals surface area contributed by atoms with Crippen LogP contribution in [0.4, 0.5) is 0 Å². The summed E-state index contributed by atoms with van der Waals surface area (Å²) in [6, 6.07) is 40.8. The summed E-state index contributed by atoms with van der Waals surface area (Å²) in [5.41, 5.74) is 13.5. The van der Waals surface area contributed by atoms with E-state index in [1.54, 1.807) is 49.4 Å². The lowest BCUT2D eigenvalue weighted by Gasteiger charge is -2.13. The molecule has 3 aliphatic carbocycles. The molecule has 0 aliphatic heterocycles. The highest BCUT2D eigenvalue weighted by Crippen LogP contribution is 2.41. The van der Waals surface area contributed by atoms with E-state index in [4.69, 9.17) is 27.8 Å². The average molecular weight is 1190 g/mol. The molecule has 3 atom stereocenters. The molecule has 0 fully saturated rings. The van der Waals surface area contributed by atoms with Gasteiger partial charge in [0.05, 0.1) is 47.6 Å². The number of ether oxygens (including phenoxy) is 3. The Kier molecular flexibility index (Phi) is 19.9. The molecule has 2 N–H and O–H groups in total. The number of carbonyl (C=O) groups excluding carboxylic acids is 2. The second-order valence-corrected chi connectivity index (χ2v) is 22.8. The number of nitrogens with zero attached hydrogens (tertiary/aromatic N) is 9.